The Morgan fingerprint density at radius 2 is 1.90 bits per heavy atom. The van der Waals surface area contributed by atoms with Gasteiger partial charge in [-0.05, 0) is 55.3 Å². The normalized spacial score (nSPS) is 14.2. The Balaban J connectivity index is 1.78. The third kappa shape index (κ3) is 5.16. The van der Waals surface area contributed by atoms with Crippen LogP contribution in [0.3, 0.4) is 0 Å². The maximum atomic E-state index is 12.6. The van der Waals surface area contributed by atoms with Gasteiger partial charge < -0.3 is 10.2 Å². The fourth-order valence-electron chi connectivity index (χ4n) is 3.22. The van der Waals surface area contributed by atoms with Gasteiger partial charge in [-0.15, -0.1) is 0 Å². The maximum absolute atomic E-state index is 12.6. The highest BCUT2D eigenvalue weighted by molar-refractivity contribution is 9.10. The lowest BCUT2D eigenvalue weighted by atomic mass is 10.1. The number of carbonyl (C=O) groups is 2. The first-order chi connectivity index (χ1) is 13.6. The summed E-state index contributed by atoms with van der Waals surface area (Å²) in [7, 11) is -3.65. The van der Waals surface area contributed by atoms with Crippen molar-refractivity contribution in [2.24, 2.45) is 0 Å². The Kier molecular flexibility index (Phi) is 6.28. The number of nitrogens with one attached hydrogen (secondary N) is 1. The molecular formula is C20H22BrN3O4S. The molecule has 2 amide bonds. The van der Waals surface area contributed by atoms with Crippen molar-refractivity contribution in [1.82, 2.24) is 0 Å². The Morgan fingerprint density at radius 1 is 1.21 bits per heavy atom. The molecule has 3 rings (SSSR count). The number of rotatable bonds is 6. The minimum Gasteiger partial charge on any atom is -0.324 e. The van der Waals surface area contributed by atoms with E-state index in [2.05, 4.69) is 21.2 Å². The number of sulfonamides is 1. The first-order valence-corrected chi connectivity index (χ1v) is 11.7. The van der Waals surface area contributed by atoms with Gasteiger partial charge in [0.05, 0.1) is 11.9 Å². The van der Waals surface area contributed by atoms with Crippen LogP contribution in [0.15, 0.2) is 46.9 Å². The van der Waals surface area contributed by atoms with Gasteiger partial charge in [0.15, 0.2) is 0 Å². The molecule has 0 spiro atoms. The number of hydrogen-bond donors (Lipinski definition) is 1. The Hall–Kier alpha value is -2.39. The van der Waals surface area contributed by atoms with Crippen LogP contribution < -0.4 is 14.5 Å². The second kappa shape index (κ2) is 8.54. The molecule has 1 aliphatic heterocycles. The molecule has 154 valence electrons. The van der Waals surface area contributed by atoms with Gasteiger partial charge in [0.25, 0.3) is 0 Å². The molecular weight excluding hydrogens is 458 g/mol. The van der Waals surface area contributed by atoms with Crippen molar-refractivity contribution in [3.8, 4) is 0 Å². The fourth-order valence-corrected chi connectivity index (χ4v) is 4.34. The molecule has 2 aromatic carbocycles. The van der Waals surface area contributed by atoms with Gasteiger partial charge >= 0.3 is 0 Å². The molecule has 2 aromatic rings. The van der Waals surface area contributed by atoms with E-state index < -0.39 is 15.9 Å². The molecule has 1 heterocycles. The molecule has 0 atom stereocenters. The van der Waals surface area contributed by atoms with Crippen molar-refractivity contribution in [2.45, 2.75) is 19.8 Å². The molecule has 0 aliphatic carbocycles. The van der Waals surface area contributed by atoms with E-state index in [0.717, 1.165) is 32.7 Å². The smallest absolute Gasteiger partial charge is 0.245 e. The van der Waals surface area contributed by atoms with Crippen LogP contribution in [-0.2, 0) is 19.6 Å². The van der Waals surface area contributed by atoms with Crippen molar-refractivity contribution in [3.05, 3.63) is 52.5 Å². The number of aryl methyl sites for hydroxylation is 1. The van der Waals surface area contributed by atoms with E-state index in [4.69, 9.17) is 0 Å². The maximum Gasteiger partial charge on any atom is 0.245 e. The average molecular weight is 480 g/mol. The molecule has 0 saturated carbocycles. The summed E-state index contributed by atoms with van der Waals surface area (Å²) in [5, 5.41) is 2.74. The topological polar surface area (TPSA) is 86.8 Å². The second-order valence-electron chi connectivity index (χ2n) is 6.94. The summed E-state index contributed by atoms with van der Waals surface area (Å²) in [5.74, 6) is -0.407. The van der Waals surface area contributed by atoms with Crippen LogP contribution >= 0.6 is 15.9 Å². The fraction of sp³-hybridized carbons (Fsp3) is 0.300. The highest BCUT2D eigenvalue weighted by Crippen LogP contribution is 2.28. The summed E-state index contributed by atoms with van der Waals surface area (Å²) in [6, 6.07) is 12.0. The van der Waals surface area contributed by atoms with E-state index in [-0.39, 0.29) is 12.5 Å². The van der Waals surface area contributed by atoms with Crippen LogP contribution in [0.25, 0.3) is 0 Å². The highest BCUT2D eigenvalue weighted by atomic mass is 79.9. The van der Waals surface area contributed by atoms with E-state index >= 15 is 0 Å². The minimum absolute atomic E-state index is 0.0649. The van der Waals surface area contributed by atoms with Crippen molar-refractivity contribution in [2.75, 3.05) is 33.9 Å². The zero-order chi connectivity index (χ0) is 21.2. The number of amides is 2. The van der Waals surface area contributed by atoms with Crippen molar-refractivity contribution < 1.29 is 18.0 Å². The Labute approximate surface area is 178 Å². The molecule has 1 saturated heterocycles. The van der Waals surface area contributed by atoms with E-state index in [1.54, 1.807) is 41.3 Å². The molecule has 0 unspecified atom stereocenters. The molecule has 9 heteroatoms. The summed E-state index contributed by atoms with van der Waals surface area (Å²) in [4.78, 5) is 26.4. The SMILES string of the molecule is Cc1ccc(NC(=O)CN(c2ccc(Br)cc2)S(C)(=O)=O)cc1N1CCCC1=O. The van der Waals surface area contributed by atoms with E-state index in [1.165, 1.54) is 0 Å². The summed E-state index contributed by atoms with van der Waals surface area (Å²) in [5.41, 5.74) is 2.61. The average Bonchev–Trinajstić information content (AvgIpc) is 3.07. The number of benzene rings is 2. The number of nitrogens with zero attached hydrogens (tertiary/aromatic N) is 2. The minimum atomic E-state index is -3.65. The van der Waals surface area contributed by atoms with Crippen LogP contribution in [0.1, 0.15) is 18.4 Å². The van der Waals surface area contributed by atoms with Crippen LogP contribution in [0, 0.1) is 6.92 Å². The van der Waals surface area contributed by atoms with Gasteiger partial charge in [-0.1, -0.05) is 22.0 Å². The zero-order valence-corrected chi connectivity index (χ0v) is 18.6. The van der Waals surface area contributed by atoms with E-state index in [0.29, 0.717) is 24.3 Å². The predicted molar refractivity (Wildman–Crippen MR) is 118 cm³/mol. The molecule has 0 aromatic heterocycles. The van der Waals surface area contributed by atoms with Gasteiger partial charge in [0.1, 0.15) is 6.54 Å². The summed E-state index contributed by atoms with van der Waals surface area (Å²) < 4.78 is 26.3. The van der Waals surface area contributed by atoms with Crippen molar-refractivity contribution in [3.63, 3.8) is 0 Å². The van der Waals surface area contributed by atoms with Gasteiger partial charge in [-0.25, -0.2) is 8.42 Å². The molecule has 1 N–H and O–H groups in total. The van der Waals surface area contributed by atoms with Crippen LogP contribution in [0.5, 0.6) is 0 Å². The van der Waals surface area contributed by atoms with E-state index in [1.807, 2.05) is 13.0 Å². The third-order valence-electron chi connectivity index (χ3n) is 4.66. The molecule has 1 fully saturated rings. The van der Waals surface area contributed by atoms with Crippen LogP contribution in [-0.4, -0.2) is 39.6 Å². The zero-order valence-electron chi connectivity index (χ0n) is 16.2. The molecule has 0 bridgehead atoms. The molecule has 1 aliphatic rings. The summed E-state index contributed by atoms with van der Waals surface area (Å²) in [6.07, 6.45) is 2.39. The quantitative estimate of drug-likeness (QED) is 0.688. The number of halogens is 1. The van der Waals surface area contributed by atoms with Crippen molar-refractivity contribution >= 4 is 54.8 Å². The van der Waals surface area contributed by atoms with Crippen LogP contribution in [0.4, 0.5) is 17.1 Å². The lowest BCUT2D eigenvalue weighted by Crippen LogP contribution is -2.37. The number of carbonyl (C=O) groups excluding carboxylic acids is 2. The van der Waals surface area contributed by atoms with Gasteiger partial charge in [0, 0.05) is 28.8 Å². The number of anilines is 3. The summed E-state index contributed by atoms with van der Waals surface area (Å²) >= 11 is 3.31. The number of hydrogen-bond acceptors (Lipinski definition) is 4. The molecule has 7 nitrogen and oxygen atoms in total. The summed E-state index contributed by atoms with van der Waals surface area (Å²) in [6.45, 7) is 2.21. The van der Waals surface area contributed by atoms with Gasteiger partial charge in [0.2, 0.25) is 21.8 Å². The molecule has 0 radical (unpaired) electrons. The second-order valence-corrected chi connectivity index (χ2v) is 9.77. The lowest BCUT2D eigenvalue weighted by molar-refractivity contribution is -0.117. The van der Waals surface area contributed by atoms with Crippen LogP contribution in [0.2, 0.25) is 0 Å². The standard InChI is InChI=1S/C20H22BrN3O4S/c1-14-5-8-16(12-18(14)23-11-3-4-20(23)26)22-19(25)13-24(29(2,27)28)17-9-6-15(21)7-10-17/h5-10,12H,3-4,11,13H2,1-2H3,(H,22,25). The predicted octanol–water partition coefficient (Wildman–Crippen LogP) is 3.29. The monoisotopic (exact) mass is 479 g/mol. The molecule has 29 heavy (non-hydrogen) atoms. The van der Waals surface area contributed by atoms with E-state index in [9.17, 15) is 18.0 Å². The third-order valence-corrected chi connectivity index (χ3v) is 6.33. The Bertz CT molecular complexity index is 1040. The van der Waals surface area contributed by atoms with Gasteiger partial charge in [-0.2, -0.15) is 0 Å². The largest absolute Gasteiger partial charge is 0.324 e. The first-order valence-electron chi connectivity index (χ1n) is 9.09. The Morgan fingerprint density at radius 3 is 2.48 bits per heavy atom. The highest BCUT2D eigenvalue weighted by Gasteiger charge is 2.24. The van der Waals surface area contributed by atoms with Gasteiger partial charge in [-0.3, -0.25) is 13.9 Å². The first kappa shape index (κ1) is 21.3. The van der Waals surface area contributed by atoms with Crippen molar-refractivity contribution in [1.29, 1.82) is 0 Å². The lowest BCUT2D eigenvalue weighted by Gasteiger charge is -2.22.